The Bertz CT molecular complexity index is 1220. The summed E-state index contributed by atoms with van der Waals surface area (Å²) in [6, 6.07) is 13.2. The summed E-state index contributed by atoms with van der Waals surface area (Å²) in [4.78, 5) is 10.4. The molecule has 0 spiro atoms. The Balaban J connectivity index is 0.0000135. The van der Waals surface area contributed by atoms with Crippen LogP contribution < -0.4 is 0 Å². The van der Waals surface area contributed by atoms with Crippen LogP contribution in [0.2, 0.25) is 0 Å². The first-order chi connectivity index (χ1) is 24.9. The van der Waals surface area contributed by atoms with Crippen LogP contribution in [0.15, 0.2) is 58.5 Å². The number of hydrogen-bond donors (Lipinski definition) is 0. The molecule has 0 amide bonds. The van der Waals surface area contributed by atoms with Gasteiger partial charge in [-0.05, 0) is 106 Å². The Labute approximate surface area is 333 Å². The van der Waals surface area contributed by atoms with Crippen molar-refractivity contribution in [2.75, 3.05) is 0 Å². The normalized spacial score (nSPS) is 12.2. The van der Waals surface area contributed by atoms with Gasteiger partial charge < -0.3 is 0 Å². The second kappa shape index (κ2) is 32.4. The molecule has 0 fully saturated rings. The quantitative estimate of drug-likeness (QED) is 0.0416. The number of benzene rings is 2. The molecular formula is C49H80N2Ni. The number of aryl methyl sites for hydroxylation is 4. The van der Waals surface area contributed by atoms with Gasteiger partial charge in [0.05, 0.1) is 22.8 Å². The van der Waals surface area contributed by atoms with Crippen molar-refractivity contribution < 1.29 is 16.5 Å². The van der Waals surface area contributed by atoms with Crippen molar-refractivity contribution in [2.45, 2.75) is 215 Å². The number of aliphatic imine (C=N–C) groups is 2. The number of nitrogens with zero attached hydrogens (tertiary/aromatic N) is 2. The molecule has 0 aliphatic rings. The summed E-state index contributed by atoms with van der Waals surface area (Å²) in [5.41, 5.74) is 9.20. The topological polar surface area (TPSA) is 24.7 Å². The van der Waals surface area contributed by atoms with E-state index in [1.165, 1.54) is 170 Å². The van der Waals surface area contributed by atoms with Gasteiger partial charge in [-0.25, -0.2) is 4.99 Å². The molecule has 0 aliphatic carbocycles. The molecule has 2 rings (SSSR count). The summed E-state index contributed by atoms with van der Waals surface area (Å²) in [5.74, 6) is 0. The van der Waals surface area contributed by atoms with Crippen LogP contribution in [0.25, 0.3) is 0 Å². The Kier molecular flexibility index (Phi) is 30.0. The molecule has 0 saturated carbocycles. The Morgan fingerprint density at radius 1 is 0.423 bits per heavy atom. The van der Waals surface area contributed by atoms with Gasteiger partial charge in [-0.15, -0.1) is 0 Å². The van der Waals surface area contributed by atoms with Crippen LogP contribution in [0, 0.1) is 27.7 Å². The summed E-state index contributed by atoms with van der Waals surface area (Å²) < 4.78 is 0. The minimum absolute atomic E-state index is 0. The van der Waals surface area contributed by atoms with E-state index in [0.29, 0.717) is 0 Å². The first-order valence-electron chi connectivity index (χ1n) is 21.9. The van der Waals surface area contributed by atoms with E-state index in [2.05, 4.69) is 90.1 Å². The van der Waals surface area contributed by atoms with Crippen molar-refractivity contribution in [1.82, 2.24) is 0 Å². The largest absolute Gasteiger partial charge is 0.251 e. The van der Waals surface area contributed by atoms with Crippen molar-refractivity contribution in [3.05, 3.63) is 70.8 Å². The smallest absolute Gasteiger partial charge is 0.0848 e. The molecule has 0 N–H and O–H groups in total. The molecule has 0 aromatic heterocycles. The Morgan fingerprint density at radius 3 is 1.12 bits per heavy atom. The molecule has 0 bridgehead atoms. The van der Waals surface area contributed by atoms with Gasteiger partial charge in [-0.1, -0.05) is 180 Å². The van der Waals surface area contributed by atoms with Gasteiger partial charge in [0.15, 0.2) is 0 Å². The van der Waals surface area contributed by atoms with E-state index in [1.807, 2.05) is 0 Å². The molecule has 296 valence electrons. The van der Waals surface area contributed by atoms with Crippen LogP contribution in [-0.4, -0.2) is 11.4 Å². The number of unbranched alkanes of at least 4 members (excludes halogenated alkanes) is 24. The third-order valence-electron chi connectivity index (χ3n) is 10.2. The average Bonchev–Trinajstić information content (AvgIpc) is 3.08. The van der Waals surface area contributed by atoms with E-state index in [1.54, 1.807) is 0 Å². The molecule has 0 unspecified atom stereocenters. The number of hydrogen-bond acceptors (Lipinski definition) is 2. The summed E-state index contributed by atoms with van der Waals surface area (Å²) in [6.45, 7) is 13.2. The summed E-state index contributed by atoms with van der Waals surface area (Å²) in [7, 11) is 0. The van der Waals surface area contributed by atoms with Gasteiger partial charge in [0.2, 0.25) is 0 Å². The van der Waals surface area contributed by atoms with Gasteiger partial charge >= 0.3 is 0 Å². The molecule has 3 heteroatoms. The van der Waals surface area contributed by atoms with Crippen molar-refractivity contribution in [2.24, 2.45) is 9.98 Å². The second-order valence-corrected chi connectivity index (χ2v) is 15.8. The van der Waals surface area contributed by atoms with Gasteiger partial charge in [0.1, 0.15) is 0 Å². The minimum Gasteiger partial charge on any atom is -0.251 e. The summed E-state index contributed by atoms with van der Waals surface area (Å²) >= 11 is 0. The summed E-state index contributed by atoms with van der Waals surface area (Å²) in [5, 5.41) is 0. The molecule has 0 atom stereocenters. The molecule has 0 heterocycles. The monoisotopic (exact) mass is 755 g/mol. The number of rotatable bonds is 31. The van der Waals surface area contributed by atoms with Gasteiger partial charge in [-0.2, -0.15) is 0 Å². The van der Waals surface area contributed by atoms with E-state index >= 15 is 0 Å². The van der Waals surface area contributed by atoms with Crippen molar-refractivity contribution >= 4 is 22.8 Å². The van der Waals surface area contributed by atoms with Crippen LogP contribution >= 0.6 is 0 Å². The molecule has 0 aliphatic heterocycles. The molecule has 52 heavy (non-hydrogen) atoms. The molecule has 0 saturated heterocycles. The molecule has 2 aromatic rings. The fourth-order valence-electron chi connectivity index (χ4n) is 7.35. The summed E-state index contributed by atoms with van der Waals surface area (Å²) in [6.07, 6.45) is 41.8. The van der Waals surface area contributed by atoms with Gasteiger partial charge in [-0.3, -0.25) is 4.99 Å². The van der Waals surface area contributed by atoms with E-state index < -0.39 is 0 Å². The third kappa shape index (κ3) is 25.1. The van der Waals surface area contributed by atoms with Gasteiger partial charge in [0, 0.05) is 16.5 Å². The first kappa shape index (κ1) is 48.0. The SMILES string of the molecule is CCCCCCCCCCCCCCCCCCCCCCCCC/C=C/C(=Nc1cc(C)cc(C)c1)C(CCCC)=Nc1cc(C)cc(C)c1.[Ni]. The van der Waals surface area contributed by atoms with Crippen molar-refractivity contribution in [1.29, 1.82) is 0 Å². The van der Waals surface area contributed by atoms with E-state index in [9.17, 15) is 0 Å². The zero-order valence-corrected chi connectivity index (χ0v) is 35.9. The van der Waals surface area contributed by atoms with Crippen LogP contribution in [0.4, 0.5) is 11.4 Å². The maximum atomic E-state index is 5.21. The van der Waals surface area contributed by atoms with E-state index in [-0.39, 0.29) is 16.5 Å². The zero-order chi connectivity index (χ0) is 36.8. The van der Waals surface area contributed by atoms with Crippen molar-refractivity contribution in [3.63, 3.8) is 0 Å². The predicted octanol–water partition coefficient (Wildman–Crippen LogP) is 16.9. The molecule has 2 nitrogen and oxygen atoms in total. The van der Waals surface area contributed by atoms with Crippen molar-refractivity contribution in [3.8, 4) is 0 Å². The third-order valence-corrected chi connectivity index (χ3v) is 10.2. The second-order valence-electron chi connectivity index (χ2n) is 15.8. The minimum atomic E-state index is 0. The van der Waals surface area contributed by atoms with Crippen LogP contribution in [0.1, 0.15) is 209 Å². The molecule has 0 radical (unpaired) electrons. The van der Waals surface area contributed by atoms with Crippen LogP contribution in [0.5, 0.6) is 0 Å². The molecular weight excluding hydrogens is 675 g/mol. The average molecular weight is 756 g/mol. The maximum absolute atomic E-state index is 5.21. The van der Waals surface area contributed by atoms with E-state index in [0.717, 1.165) is 48.5 Å². The standard InChI is InChI=1S/C49H80N2.Ni/c1-7-9-11-12-13-14-15-16-17-18-19-20-21-22-23-24-25-26-27-28-29-30-31-32-33-35-49(51-47-40-44(5)37-45(6)41-47)48(34-10-8-2)50-46-38-42(3)36-43(4)39-46;/h33,35-41H,7-32,34H2,1-6H3;/b35-33+,50-48?,51-49?;. The maximum Gasteiger partial charge on any atom is 0.0848 e. The predicted molar refractivity (Wildman–Crippen MR) is 231 cm³/mol. The van der Waals surface area contributed by atoms with Crippen LogP contribution in [0.3, 0.4) is 0 Å². The fraction of sp³-hybridized carbons (Fsp3) is 0.673. The fourth-order valence-corrected chi connectivity index (χ4v) is 7.35. The van der Waals surface area contributed by atoms with Crippen LogP contribution in [-0.2, 0) is 16.5 Å². The molecule has 2 aromatic carbocycles. The Morgan fingerprint density at radius 2 is 0.750 bits per heavy atom. The first-order valence-corrected chi connectivity index (χ1v) is 21.9. The Hall–Kier alpha value is -1.99. The zero-order valence-electron chi connectivity index (χ0n) is 34.9. The number of allylic oxidation sites excluding steroid dienone is 2. The van der Waals surface area contributed by atoms with E-state index in [4.69, 9.17) is 9.98 Å². The van der Waals surface area contributed by atoms with Gasteiger partial charge in [0.25, 0.3) is 0 Å².